The van der Waals surface area contributed by atoms with Crippen LogP contribution < -0.4 is 10.6 Å². The van der Waals surface area contributed by atoms with Crippen molar-refractivity contribution in [3.05, 3.63) is 20.9 Å². The lowest BCUT2D eigenvalue weighted by molar-refractivity contribution is -0.157. The van der Waals surface area contributed by atoms with Crippen molar-refractivity contribution in [2.45, 2.75) is 32.7 Å². The second-order valence-corrected chi connectivity index (χ2v) is 7.28. The van der Waals surface area contributed by atoms with Crippen LogP contribution in [0.15, 0.2) is 10.2 Å². The third-order valence-electron chi connectivity index (χ3n) is 4.41. The Morgan fingerprint density at radius 2 is 1.53 bits per heavy atom. The Bertz CT molecular complexity index is 704. The van der Waals surface area contributed by atoms with Crippen LogP contribution >= 0.6 is 0 Å². The number of hydrogen-bond donors (Lipinski definition) is 2. The monoisotopic (exact) mass is 456 g/mol. The number of nitrogens with one attached hydrogen (secondary N) is 2. The van der Waals surface area contributed by atoms with E-state index in [9.17, 15) is 14.4 Å². The Hall–Kier alpha value is -3.05. The molecule has 2 N–H and O–H groups in total. The van der Waals surface area contributed by atoms with E-state index in [0.29, 0.717) is 13.2 Å². The van der Waals surface area contributed by atoms with E-state index in [4.69, 9.17) is 25.3 Å². The van der Waals surface area contributed by atoms with E-state index >= 15 is 0 Å². The van der Waals surface area contributed by atoms with Crippen molar-refractivity contribution in [2.24, 2.45) is 21.6 Å². The van der Waals surface area contributed by atoms with Crippen LogP contribution in [0.2, 0.25) is 0 Å². The Labute approximate surface area is 186 Å². The molecule has 180 valence electrons. The maximum absolute atomic E-state index is 12.5. The minimum absolute atomic E-state index is 0.0191. The summed E-state index contributed by atoms with van der Waals surface area (Å²) >= 11 is 0. The van der Waals surface area contributed by atoms with Crippen LogP contribution in [0.3, 0.4) is 0 Å². The molecule has 0 spiro atoms. The zero-order valence-electron chi connectivity index (χ0n) is 18.9. The zero-order valence-corrected chi connectivity index (χ0v) is 18.9. The lowest BCUT2D eigenvalue weighted by Crippen LogP contribution is -2.40. The van der Waals surface area contributed by atoms with E-state index in [2.05, 4.69) is 30.7 Å². The normalized spacial score (nSPS) is 12.5. The molecule has 14 heteroatoms. The SMILES string of the molecule is CNC(=O)C(CC(N=[N+]=[N-])C(=O)NC)CC(C)(C)C(=O)OCCOCCOCCN=[N+]=[N-]. The predicted octanol–water partition coefficient (Wildman–Crippen LogP) is 1.47. The lowest BCUT2D eigenvalue weighted by Gasteiger charge is -2.28. The molecule has 2 amide bonds. The molecule has 0 aliphatic heterocycles. The Morgan fingerprint density at radius 1 is 0.938 bits per heavy atom. The largest absolute Gasteiger partial charge is 0.463 e. The molecule has 2 atom stereocenters. The highest BCUT2D eigenvalue weighted by atomic mass is 16.6. The first-order valence-corrected chi connectivity index (χ1v) is 10.0. The second-order valence-electron chi connectivity index (χ2n) is 7.28. The van der Waals surface area contributed by atoms with Crippen LogP contribution in [0.4, 0.5) is 0 Å². The summed E-state index contributed by atoms with van der Waals surface area (Å²) in [5.41, 5.74) is 15.8. The molecule has 14 nitrogen and oxygen atoms in total. The van der Waals surface area contributed by atoms with Gasteiger partial charge in [0.15, 0.2) is 0 Å². The third kappa shape index (κ3) is 12.0. The summed E-state index contributed by atoms with van der Waals surface area (Å²) in [4.78, 5) is 42.0. The van der Waals surface area contributed by atoms with Gasteiger partial charge in [0.2, 0.25) is 11.8 Å². The Morgan fingerprint density at radius 3 is 2.09 bits per heavy atom. The van der Waals surface area contributed by atoms with Crippen molar-refractivity contribution < 1.29 is 28.6 Å². The number of carbonyl (C=O) groups excluding carboxylic acids is 3. The molecule has 0 saturated carbocycles. The number of hydrogen-bond acceptors (Lipinski definition) is 8. The quantitative estimate of drug-likeness (QED) is 0.109. The molecule has 0 aliphatic carbocycles. The average molecular weight is 457 g/mol. The Balaban J connectivity index is 4.63. The topological polar surface area (TPSA) is 200 Å². The van der Waals surface area contributed by atoms with Gasteiger partial charge in [0.25, 0.3) is 0 Å². The number of amides is 2. The van der Waals surface area contributed by atoms with Crippen LogP contribution in [0.25, 0.3) is 20.9 Å². The van der Waals surface area contributed by atoms with E-state index in [0.717, 1.165) is 0 Å². The molecular formula is C18H32N8O6. The lowest BCUT2D eigenvalue weighted by atomic mass is 9.80. The molecular weight excluding hydrogens is 424 g/mol. The van der Waals surface area contributed by atoms with Gasteiger partial charge in [-0.05, 0) is 37.8 Å². The van der Waals surface area contributed by atoms with Gasteiger partial charge in [0.1, 0.15) is 12.6 Å². The van der Waals surface area contributed by atoms with E-state index in [1.54, 1.807) is 13.8 Å². The van der Waals surface area contributed by atoms with Gasteiger partial charge in [0.05, 0.1) is 31.8 Å². The number of likely N-dealkylation sites (N-methyl/N-ethyl adjacent to an activating group) is 1. The van der Waals surface area contributed by atoms with Crippen molar-refractivity contribution in [3.8, 4) is 0 Å². The van der Waals surface area contributed by atoms with Crippen molar-refractivity contribution in [1.82, 2.24) is 10.6 Å². The second kappa shape index (κ2) is 16.6. The van der Waals surface area contributed by atoms with E-state index in [1.165, 1.54) is 14.1 Å². The number of esters is 1. The molecule has 0 rings (SSSR count). The average Bonchev–Trinajstić information content (AvgIpc) is 2.77. The van der Waals surface area contributed by atoms with Gasteiger partial charge in [-0.1, -0.05) is 10.2 Å². The highest BCUT2D eigenvalue weighted by Gasteiger charge is 2.36. The molecule has 0 aromatic heterocycles. The number of carbonyl (C=O) groups is 3. The number of ether oxygens (including phenoxy) is 3. The summed E-state index contributed by atoms with van der Waals surface area (Å²) in [6, 6.07) is -1.08. The van der Waals surface area contributed by atoms with E-state index < -0.39 is 29.3 Å². The third-order valence-corrected chi connectivity index (χ3v) is 4.41. The summed E-state index contributed by atoms with van der Waals surface area (Å²) in [7, 11) is 2.84. The van der Waals surface area contributed by atoms with E-state index in [-0.39, 0.29) is 45.1 Å². The van der Waals surface area contributed by atoms with Gasteiger partial charge >= 0.3 is 5.97 Å². The first-order valence-electron chi connectivity index (χ1n) is 10.0. The molecule has 0 fully saturated rings. The molecule has 0 saturated heterocycles. The summed E-state index contributed by atoms with van der Waals surface area (Å²) < 4.78 is 15.7. The van der Waals surface area contributed by atoms with Gasteiger partial charge in [-0.25, -0.2) is 0 Å². The summed E-state index contributed by atoms with van der Waals surface area (Å²) in [5, 5.41) is 11.7. The number of azide groups is 2. The van der Waals surface area contributed by atoms with Crippen molar-refractivity contribution in [1.29, 1.82) is 0 Å². The number of nitrogens with zero attached hydrogens (tertiary/aromatic N) is 6. The smallest absolute Gasteiger partial charge is 0.311 e. The zero-order chi connectivity index (χ0) is 24.4. The fraction of sp³-hybridized carbons (Fsp3) is 0.833. The molecule has 0 aromatic carbocycles. The fourth-order valence-corrected chi connectivity index (χ4v) is 2.75. The predicted molar refractivity (Wildman–Crippen MR) is 114 cm³/mol. The minimum atomic E-state index is -1.08. The highest BCUT2D eigenvalue weighted by molar-refractivity contribution is 5.84. The fourth-order valence-electron chi connectivity index (χ4n) is 2.75. The summed E-state index contributed by atoms with van der Waals surface area (Å²) in [6.07, 6.45) is 0.0305. The van der Waals surface area contributed by atoms with Gasteiger partial charge in [-0.3, -0.25) is 14.4 Å². The molecule has 0 bridgehead atoms. The molecule has 2 unspecified atom stereocenters. The van der Waals surface area contributed by atoms with Gasteiger partial charge in [-0.15, -0.1) is 0 Å². The molecule has 0 aromatic rings. The highest BCUT2D eigenvalue weighted by Crippen LogP contribution is 2.30. The van der Waals surface area contributed by atoms with E-state index in [1.807, 2.05) is 0 Å². The first kappa shape index (κ1) is 28.9. The van der Waals surface area contributed by atoms with Crippen LogP contribution in [0.1, 0.15) is 26.7 Å². The molecule has 0 radical (unpaired) electrons. The van der Waals surface area contributed by atoms with Crippen LogP contribution in [-0.2, 0) is 28.6 Å². The molecule has 32 heavy (non-hydrogen) atoms. The van der Waals surface area contributed by atoms with Crippen LogP contribution in [-0.4, -0.2) is 77.5 Å². The van der Waals surface area contributed by atoms with Gasteiger partial charge in [-0.2, -0.15) is 0 Å². The summed E-state index contributed by atoms with van der Waals surface area (Å²) in [6.45, 7) is 4.58. The van der Waals surface area contributed by atoms with Crippen molar-refractivity contribution in [2.75, 3.05) is 53.7 Å². The number of rotatable bonds is 17. The van der Waals surface area contributed by atoms with Crippen LogP contribution in [0.5, 0.6) is 0 Å². The standard InChI is InChI=1S/C18H32N8O6/c1-18(2,17(29)32-10-9-31-8-7-30-6-5-23-25-19)12-13(15(27)21-3)11-14(24-26-20)16(28)22-4/h13-14H,5-12H2,1-4H3,(H,21,27)(H,22,28). The van der Waals surface area contributed by atoms with Crippen molar-refractivity contribution in [3.63, 3.8) is 0 Å². The molecule has 0 heterocycles. The Kier molecular flexibility index (Phi) is 15.0. The maximum atomic E-state index is 12.5. The van der Waals surface area contributed by atoms with Gasteiger partial charge in [0, 0.05) is 36.4 Å². The minimum Gasteiger partial charge on any atom is -0.463 e. The summed E-state index contributed by atoms with van der Waals surface area (Å²) in [5.74, 6) is -2.18. The first-order chi connectivity index (χ1) is 15.2. The van der Waals surface area contributed by atoms with Gasteiger partial charge < -0.3 is 24.8 Å². The van der Waals surface area contributed by atoms with Crippen LogP contribution in [0, 0.1) is 11.3 Å². The molecule has 0 aliphatic rings. The maximum Gasteiger partial charge on any atom is 0.311 e. The van der Waals surface area contributed by atoms with Crippen molar-refractivity contribution >= 4 is 17.8 Å².